The quantitative estimate of drug-likeness (QED) is 0.823. The van der Waals surface area contributed by atoms with Crippen molar-refractivity contribution in [3.8, 4) is 0 Å². The summed E-state index contributed by atoms with van der Waals surface area (Å²) in [5.74, 6) is 0.248. The van der Waals surface area contributed by atoms with Gasteiger partial charge in [0.1, 0.15) is 11.3 Å². The van der Waals surface area contributed by atoms with Crippen molar-refractivity contribution in [1.82, 2.24) is 5.32 Å². The molecule has 0 saturated heterocycles. The molecule has 1 heterocycles. The SMILES string of the molecule is CCC(CC)(CO)CNC(=O)C(C)c1cc2ccccc2o1. The summed E-state index contributed by atoms with van der Waals surface area (Å²) in [6.07, 6.45) is 1.67. The molecule has 4 heteroatoms. The minimum atomic E-state index is -0.350. The summed E-state index contributed by atoms with van der Waals surface area (Å²) in [7, 11) is 0. The lowest BCUT2D eigenvalue weighted by atomic mass is 9.83. The highest BCUT2D eigenvalue weighted by Crippen LogP contribution is 2.27. The van der Waals surface area contributed by atoms with Crippen LogP contribution in [0.15, 0.2) is 34.7 Å². The highest BCUT2D eigenvalue weighted by molar-refractivity contribution is 5.85. The molecule has 1 amide bonds. The van der Waals surface area contributed by atoms with Crippen LogP contribution < -0.4 is 5.32 Å². The third-order valence-corrected chi connectivity index (χ3v) is 4.74. The summed E-state index contributed by atoms with van der Waals surface area (Å²) < 4.78 is 5.75. The number of aliphatic hydroxyl groups excluding tert-OH is 1. The monoisotopic (exact) mass is 303 g/mol. The molecule has 0 saturated carbocycles. The number of fused-ring (bicyclic) bond motifs is 1. The molecule has 0 spiro atoms. The van der Waals surface area contributed by atoms with E-state index in [9.17, 15) is 9.90 Å². The topological polar surface area (TPSA) is 62.5 Å². The number of benzene rings is 1. The van der Waals surface area contributed by atoms with Crippen LogP contribution >= 0.6 is 0 Å². The van der Waals surface area contributed by atoms with Crippen molar-refractivity contribution in [2.45, 2.75) is 39.5 Å². The van der Waals surface area contributed by atoms with Crippen molar-refractivity contribution in [1.29, 1.82) is 0 Å². The lowest BCUT2D eigenvalue weighted by Crippen LogP contribution is -2.40. The number of amides is 1. The zero-order valence-corrected chi connectivity index (χ0v) is 13.6. The van der Waals surface area contributed by atoms with Gasteiger partial charge in [0.2, 0.25) is 5.91 Å². The number of aliphatic hydroxyl groups is 1. The number of carbonyl (C=O) groups excluding carboxylic acids is 1. The van der Waals surface area contributed by atoms with Crippen molar-refractivity contribution in [3.05, 3.63) is 36.1 Å². The molecule has 0 bridgehead atoms. The highest BCUT2D eigenvalue weighted by atomic mass is 16.3. The van der Waals surface area contributed by atoms with Crippen LogP contribution in [0.2, 0.25) is 0 Å². The van der Waals surface area contributed by atoms with Crippen LogP contribution in [-0.4, -0.2) is 24.2 Å². The molecule has 0 aliphatic carbocycles. The van der Waals surface area contributed by atoms with Gasteiger partial charge < -0.3 is 14.8 Å². The second-order valence-corrected chi connectivity index (χ2v) is 5.99. The third-order valence-electron chi connectivity index (χ3n) is 4.74. The van der Waals surface area contributed by atoms with Crippen LogP contribution in [0.3, 0.4) is 0 Å². The Balaban J connectivity index is 2.05. The minimum Gasteiger partial charge on any atom is -0.460 e. The Labute approximate surface area is 131 Å². The highest BCUT2D eigenvalue weighted by Gasteiger charge is 2.27. The van der Waals surface area contributed by atoms with Crippen LogP contribution in [0.5, 0.6) is 0 Å². The molecule has 22 heavy (non-hydrogen) atoms. The Bertz CT molecular complexity index is 587. The molecule has 0 fully saturated rings. The van der Waals surface area contributed by atoms with Crippen molar-refractivity contribution in [2.24, 2.45) is 5.41 Å². The normalized spacial score (nSPS) is 13.3. The Morgan fingerprint density at radius 3 is 2.59 bits per heavy atom. The fraction of sp³-hybridized carbons (Fsp3) is 0.500. The van der Waals surface area contributed by atoms with Crippen LogP contribution in [0.4, 0.5) is 0 Å². The summed E-state index contributed by atoms with van der Waals surface area (Å²) in [6, 6.07) is 9.65. The van der Waals surface area contributed by atoms with Crippen molar-refractivity contribution >= 4 is 16.9 Å². The first kappa shape index (κ1) is 16.6. The standard InChI is InChI=1S/C18H25NO3/c1-4-18(5-2,12-20)11-19-17(21)13(3)16-10-14-8-6-7-9-15(14)22-16/h6-10,13,20H,4-5,11-12H2,1-3H3,(H,19,21). The largest absolute Gasteiger partial charge is 0.460 e. The van der Waals surface area contributed by atoms with Gasteiger partial charge in [-0.2, -0.15) is 0 Å². The molecule has 0 aliphatic rings. The summed E-state index contributed by atoms with van der Waals surface area (Å²) in [4.78, 5) is 12.4. The van der Waals surface area contributed by atoms with E-state index < -0.39 is 0 Å². The van der Waals surface area contributed by atoms with E-state index in [-0.39, 0.29) is 23.8 Å². The zero-order valence-electron chi connectivity index (χ0n) is 13.6. The van der Waals surface area contributed by atoms with Crippen LogP contribution in [-0.2, 0) is 4.79 Å². The van der Waals surface area contributed by atoms with Gasteiger partial charge in [-0.1, -0.05) is 32.0 Å². The molecule has 0 radical (unpaired) electrons. The van der Waals surface area contributed by atoms with Crippen molar-refractivity contribution in [2.75, 3.05) is 13.2 Å². The molecule has 1 aromatic carbocycles. The molecule has 2 N–H and O–H groups in total. The number of carbonyl (C=O) groups is 1. The van der Waals surface area contributed by atoms with Gasteiger partial charge in [-0.25, -0.2) is 0 Å². The van der Waals surface area contributed by atoms with E-state index in [0.29, 0.717) is 12.3 Å². The van der Waals surface area contributed by atoms with Crippen LogP contribution in [0.1, 0.15) is 45.3 Å². The van der Waals surface area contributed by atoms with E-state index in [1.165, 1.54) is 0 Å². The molecular weight excluding hydrogens is 278 g/mol. The predicted octanol–water partition coefficient (Wildman–Crippen LogP) is 3.45. The van der Waals surface area contributed by atoms with Crippen LogP contribution in [0.25, 0.3) is 11.0 Å². The number of hydrogen-bond acceptors (Lipinski definition) is 3. The summed E-state index contributed by atoms with van der Waals surface area (Å²) in [5, 5.41) is 13.5. The van der Waals surface area contributed by atoms with Gasteiger partial charge in [0.15, 0.2) is 0 Å². The second kappa shape index (κ2) is 6.97. The molecule has 1 atom stereocenters. The molecule has 1 aromatic heterocycles. The lowest BCUT2D eigenvalue weighted by Gasteiger charge is -2.29. The van der Waals surface area contributed by atoms with Gasteiger partial charge in [-0.05, 0) is 31.9 Å². The summed E-state index contributed by atoms with van der Waals surface area (Å²) in [5.41, 5.74) is 0.562. The number of hydrogen-bond donors (Lipinski definition) is 2. The van der Waals surface area contributed by atoms with E-state index in [1.54, 1.807) is 0 Å². The van der Waals surface area contributed by atoms with Gasteiger partial charge in [0.25, 0.3) is 0 Å². The first-order chi connectivity index (χ1) is 10.5. The molecule has 120 valence electrons. The van der Waals surface area contributed by atoms with Gasteiger partial charge in [-0.3, -0.25) is 4.79 Å². The van der Waals surface area contributed by atoms with Gasteiger partial charge in [0, 0.05) is 17.3 Å². The minimum absolute atomic E-state index is 0.0706. The molecule has 2 aromatic rings. The van der Waals surface area contributed by atoms with E-state index in [1.807, 2.05) is 51.1 Å². The van der Waals surface area contributed by atoms with E-state index in [0.717, 1.165) is 23.8 Å². The van der Waals surface area contributed by atoms with Crippen LogP contribution in [0, 0.1) is 5.41 Å². The summed E-state index contributed by atoms with van der Waals surface area (Å²) >= 11 is 0. The smallest absolute Gasteiger partial charge is 0.230 e. The maximum Gasteiger partial charge on any atom is 0.230 e. The third kappa shape index (κ3) is 3.33. The first-order valence-corrected chi connectivity index (χ1v) is 7.92. The molecule has 0 aliphatic heterocycles. The maximum absolute atomic E-state index is 12.4. The average molecular weight is 303 g/mol. The zero-order chi connectivity index (χ0) is 16.2. The predicted molar refractivity (Wildman–Crippen MR) is 87.7 cm³/mol. The van der Waals surface area contributed by atoms with E-state index in [2.05, 4.69) is 5.32 Å². The van der Waals surface area contributed by atoms with Gasteiger partial charge in [0.05, 0.1) is 12.5 Å². The molecule has 1 unspecified atom stereocenters. The fourth-order valence-corrected chi connectivity index (χ4v) is 2.55. The number of furan rings is 1. The first-order valence-electron chi connectivity index (χ1n) is 7.92. The Kier molecular flexibility index (Phi) is 5.24. The number of nitrogens with one attached hydrogen (secondary N) is 1. The summed E-state index contributed by atoms with van der Waals surface area (Å²) in [6.45, 7) is 6.48. The Morgan fingerprint density at radius 2 is 2.00 bits per heavy atom. The van der Waals surface area contributed by atoms with Crippen molar-refractivity contribution < 1.29 is 14.3 Å². The molecule has 4 nitrogen and oxygen atoms in total. The van der Waals surface area contributed by atoms with E-state index >= 15 is 0 Å². The van der Waals surface area contributed by atoms with E-state index in [4.69, 9.17) is 4.42 Å². The Morgan fingerprint density at radius 1 is 1.32 bits per heavy atom. The second-order valence-electron chi connectivity index (χ2n) is 5.99. The number of para-hydroxylation sites is 1. The Hall–Kier alpha value is -1.81. The maximum atomic E-state index is 12.4. The van der Waals surface area contributed by atoms with Gasteiger partial charge in [-0.15, -0.1) is 0 Å². The average Bonchev–Trinajstić information content (AvgIpc) is 2.99. The lowest BCUT2D eigenvalue weighted by molar-refractivity contribution is -0.123. The number of rotatable bonds is 7. The molecular formula is C18H25NO3. The van der Waals surface area contributed by atoms with Crippen molar-refractivity contribution in [3.63, 3.8) is 0 Å². The van der Waals surface area contributed by atoms with Gasteiger partial charge >= 0.3 is 0 Å². The molecule has 2 rings (SSSR count). The fourth-order valence-electron chi connectivity index (χ4n) is 2.55.